The molecule has 0 bridgehead atoms. The van der Waals surface area contributed by atoms with Gasteiger partial charge in [0.1, 0.15) is 5.01 Å². The molecule has 1 aliphatic carbocycles. The highest BCUT2D eigenvalue weighted by Crippen LogP contribution is 2.49. The molecule has 23 heavy (non-hydrogen) atoms. The monoisotopic (exact) mass is 329 g/mol. The molecular formula is C17H23N5S. The van der Waals surface area contributed by atoms with E-state index in [1.54, 1.807) is 23.7 Å². The molecule has 1 saturated carbocycles. The molecular weight excluding hydrogens is 306 g/mol. The summed E-state index contributed by atoms with van der Waals surface area (Å²) in [5.74, 6) is 0.768. The van der Waals surface area contributed by atoms with Crippen molar-refractivity contribution in [3.8, 4) is 0 Å². The van der Waals surface area contributed by atoms with E-state index < -0.39 is 0 Å². The number of nitrogens with one attached hydrogen (secondary N) is 1. The summed E-state index contributed by atoms with van der Waals surface area (Å²) in [5.41, 5.74) is 1.70. The summed E-state index contributed by atoms with van der Waals surface area (Å²) in [6.45, 7) is 5.50. The Morgan fingerprint density at radius 3 is 2.65 bits per heavy atom. The van der Waals surface area contributed by atoms with E-state index in [9.17, 15) is 0 Å². The minimum atomic E-state index is 0.547. The van der Waals surface area contributed by atoms with Crippen molar-refractivity contribution in [3.63, 3.8) is 0 Å². The number of likely N-dealkylation sites (tertiary alicyclic amines) is 1. The smallest absolute Gasteiger partial charge is 0.222 e. The molecule has 0 amide bonds. The first-order valence-electron chi connectivity index (χ1n) is 8.38. The molecule has 1 spiro atoms. The Balaban J connectivity index is 1.24. The third-order valence-electron chi connectivity index (χ3n) is 5.20. The second-order valence-electron chi connectivity index (χ2n) is 6.98. The molecule has 4 rings (SSSR count). The third kappa shape index (κ3) is 3.38. The van der Waals surface area contributed by atoms with Crippen LogP contribution in [0.4, 0.5) is 5.95 Å². The molecule has 2 aliphatic rings. The Bertz CT molecular complexity index is 640. The fraction of sp³-hybridized carbons (Fsp3) is 0.588. The summed E-state index contributed by atoms with van der Waals surface area (Å²) in [4.78, 5) is 15.7. The van der Waals surface area contributed by atoms with Crippen LogP contribution in [0.1, 0.15) is 36.4 Å². The van der Waals surface area contributed by atoms with Crippen LogP contribution in [-0.2, 0) is 6.54 Å². The molecule has 1 N–H and O–H groups in total. The van der Waals surface area contributed by atoms with Crippen LogP contribution in [0, 0.1) is 12.3 Å². The van der Waals surface area contributed by atoms with Crippen molar-refractivity contribution < 1.29 is 0 Å². The Kier molecular flexibility index (Phi) is 4.03. The lowest BCUT2D eigenvalue weighted by Crippen LogP contribution is -2.51. The molecule has 2 fully saturated rings. The quantitative estimate of drug-likeness (QED) is 0.934. The van der Waals surface area contributed by atoms with Crippen molar-refractivity contribution in [2.24, 2.45) is 5.41 Å². The van der Waals surface area contributed by atoms with Crippen molar-refractivity contribution in [1.82, 2.24) is 19.9 Å². The van der Waals surface area contributed by atoms with Gasteiger partial charge < -0.3 is 5.32 Å². The molecule has 2 aromatic rings. The Morgan fingerprint density at radius 2 is 2.00 bits per heavy atom. The van der Waals surface area contributed by atoms with Gasteiger partial charge >= 0.3 is 0 Å². The van der Waals surface area contributed by atoms with Crippen LogP contribution in [0.15, 0.2) is 23.8 Å². The maximum atomic E-state index is 4.59. The highest BCUT2D eigenvalue weighted by atomic mass is 32.1. The van der Waals surface area contributed by atoms with Crippen molar-refractivity contribution in [1.29, 1.82) is 0 Å². The molecule has 1 aliphatic heterocycles. The van der Waals surface area contributed by atoms with Crippen LogP contribution in [-0.4, -0.2) is 39.0 Å². The van der Waals surface area contributed by atoms with E-state index in [1.165, 1.54) is 43.8 Å². The fourth-order valence-electron chi connectivity index (χ4n) is 3.90. The fourth-order valence-corrected chi connectivity index (χ4v) is 4.72. The van der Waals surface area contributed by atoms with Crippen LogP contribution in [0.2, 0.25) is 0 Å². The number of aryl methyl sites for hydroxylation is 1. The van der Waals surface area contributed by atoms with E-state index in [1.807, 2.05) is 6.07 Å². The SMILES string of the molecule is Cc1csc(CN2CCC3(CC2)CC(Nc2ncccn2)C3)n1. The van der Waals surface area contributed by atoms with Gasteiger partial charge in [0.2, 0.25) is 5.95 Å². The second kappa shape index (κ2) is 6.17. The van der Waals surface area contributed by atoms with E-state index in [0.29, 0.717) is 11.5 Å². The number of anilines is 1. The van der Waals surface area contributed by atoms with Crippen molar-refractivity contribution in [3.05, 3.63) is 34.5 Å². The number of nitrogens with zero attached hydrogens (tertiary/aromatic N) is 4. The molecule has 1 saturated heterocycles. The van der Waals surface area contributed by atoms with E-state index in [-0.39, 0.29) is 0 Å². The summed E-state index contributed by atoms with van der Waals surface area (Å²) in [6.07, 6.45) is 8.73. The second-order valence-corrected chi connectivity index (χ2v) is 7.92. The molecule has 6 heteroatoms. The van der Waals surface area contributed by atoms with Gasteiger partial charge in [-0.25, -0.2) is 15.0 Å². The molecule has 0 radical (unpaired) electrons. The summed E-state index contributed by atoms with van der Waals surface area (Å²) < 4.78 is 0. The van der Waals surface area contributed by atoms with Crippen LogP contribution >= 0.6 is 11.3 Å². The normalized spacial score (nSPS) is 21.3. The molecule has 0 aromatic carbocycles. The zero-order valence-electron chi connectivity index (χ0n) is 13.5. The number of hydrogen-bond donors (Lipinski definition) is 1. The number of piperidine rings is 1. The highest BCUT2D eigenvalue weighted by molar-refractivity contribution is 7.09. The van der Waals surface area contributed by atoms with Gasteiger partial charge in [0, 0.05) is 29.5 Å². The van der Waals surface area contributed by atoms with Gasteiger partial charge in [0.15, 0.2) is 0 Å². The van der Waals surface area contributed by atoms with Gasteiger partial charge in [-0.3, -0.25) is 4.90 Å². The van der Waals surface area contributed by atoms with Gasteiger partial charge in [-0.15, -0.1) is 11.3 Å². The lowest BCUT2D eigenvalue weighted by atomic mass is 9.60. The topological polar surface area (TPSA) is 53.9 Å². The van der Waals surface area contributed by atoms with Gasteiger partial charge in [-0.05, 0) is 57.2 Å². The molecule has 0 unspecified atom stereocenters. The summed E-state index contributed by atoms with van der Waals surface area (Å²) in [7, 11) is 0. The number of aromatic nitrogens is 3. The van der Waals surface area contributed by atoms with E-state index >= 15 is 0 Å². The maximum Gasteiger partial charge on any atom is 0.222 e. The van der Waals surface area contributed by atoms with Gasteiger partial charge in [-0.1, -0.05) is 0 Å². The van der Waals surface area contributed by atoms with Crippen molar-refractivity contribution >= 4 is 17.3 Å². The Labute approximate surface area is 141 Å². The van der Waals surface area contributed by atoms with Crippen LogP contribution in [0.25, 0.3) is 0 Å². The predicted molar refractivity (Wildman–Crippen MR) is 92.5 cm³/mol. The van der Waals surface area contributed by atoms with E-state index in [4.69, 9.17) is 0 Å². The first-order valence-corrected chi connectivity index (χ1v) is 9.26. The van der Waals surface area contributed by atoms with Crippen molar-refractivity contribution in [2.45, 2.75) is 45.2 Å². The average Bonchev–Trinajstić information content (AvgIpc) is 2.94. The van der Waals surface area contributed by atoms with Crippen LogP contribution in [0.5, 0.6) is 0 Å². The molecule has 2 aromatic heterocycles. The Morgan fingerprint density at radius 1 is 1.26 bits per heavy atom. The molecule has 122 valence electrons. The number of rotatable bonds is 4. The average molecular weight is 329 g/mol. The molecule has 3 heterocycles. The minimum Gasteiger partial charge on any atom is -0.351 e. The van der Waals surface area contributed by atoms with Crippen LogP contribution in [0.3, 0.4) is 0 Å². The number of hydrogen-bond acceptors (Lipinski definition) is 6. The highest BCUT2D eigenvalue weighted by Gasteiger charge is 2.45. The predicted octanol–water partition coefficient (Wildman–Crippen LogP) is 3.10. The lowest BCUT2D eigenvalue weighted by molar-refractivity contribution is 0.0208. The van der Waals surface area contributed by atoms with Crippen molar-refractivity contribution in [2.75, 3.05) is 18.4 Å². The summed E-state index contributed by atoms with van der Waals surface area (Å²) in [5, 5.41) is 6.86. The largest absolute Gasteiger partial charge is 0.351 e. The standard InChI is InChI=1S/C17H23N5S/c1-13-12-23-15(20-13)11-22-7-3-17(4-8-22)9-14(10-17)21-16-18-5-2-6-19-16/h2,5-6,12,14H,3-4,7-11H2,1H3,(H,18,19,21). The summed E-state index contributed by atoms with van der Waals surface area (Å²) in [6, 6.07) is 2.40. The minimum absolute atomic E-state index is 0.547. The third-order valence-corrected chi connectivity index (χ3v) is 6.15. The first-order chi connectivity index (χ1) is 11.2. The van der Waals surface area contributed by atoms with Gasteiger partial charge in [-0.2, -0.15) is 0 Å². The van der Waals surface area contributed by atoms with Gasteiger partial charge in [0.25, 0.3) is 0 Å². The summed E-state index contributed by atoms with van der Waals surface area (Å²) >= 11 is 1.79. The first kappa shape index (κ1) is 15.0. The lowest BCUT2D eigenvalue weighted by Gasteiger charge is -2.52. The molecule has 0 atom stereocenters. The zero-order valence-corrected chi connectivity index (χ0v) is 14.4. The Hall–Kier alpha value is -1.53. The number of thiazole rings is 1. The van der Waals surface area contributed by atoms with Gasteiger partial charge in [0.05, 0.1) is 6.54 Å². The molecule has 5 nitrogen and oxygen atoms in total. The maximum absolute atomic E-state index is 4.59. The van der Waals surface area contributed by atoms with E-state index in [2.05, 4.69) is 37.5 Å². The van der Waals surface area contributed by atoms with E-state index in [0.717, 1.165) is 18.2 Å². The van der Waals surface area contributed by atoms with Crippen LogP contribution < -0.4 is 5.32 Å². The zero-order chi connectivity index (χ0) is 15.7.